The Morgan fingerprint density at radius 1 is 0.778 bits per heavy atom. The van der Waals surface area contributed by atoms with E-state index in [-0.39, 0.29) is 29.1 Å². The van der Waals surface area contributed by atoms with E-state index in [0.717, 1.165) is 16.3 Å². The molecule has 236 valence electrons. The van der Waals surface area contributed by atoms with Crippen molar-refractivity contribution in [1.82, 2.24) is 10.2 Å². The minimum atomic E-state index is -4.18. The van der Waals surface area contributed by atoms with Crippen LogP contribution in [0.1, 0.15) is 32.8 Å². The van der Waals surface area contributed by atoms with Crippen LogP contribution in [0.4, 0.5) is 5.69 Å². The maximum atomic E-state index is 14.1. The van der Waals surface area contributed by atoms with E-state index in [9.17, 15) is 18.0 Å². The minimum absolute atomic E-state index is 0.0340. The lowest BCUT2D eigenvalue weighted by Gasteiger charge is -2.32. The van der Waals surface area contributed by atoms with E-state index in [1.807, 2.05) is 56.3 Å². The third-order valence-electron chi connectivity index (χ3n) is 7.39. The summed E-state index contributed by atoms with van der Waals surface area (Å²) in [5.74, 6) is 0.921. The Morgan fingerprint density at radius 3 is 1.91 bits per heavy atom. The van der Waals surface area contributed by atoms with Gasteiger partial charge in [0, 0.05) is 12.6 Å². The summed E-state index contributed by atoms with van der Waals surface area (Å²) >= 11 is 0. The molecule has 9 nitrogen and oxygen atoms in total. The summed E-state index contributed by atoms with van der Waals surface area (Å²) < 4.78 is 40.2. The van der Waals surface area contributed by atoms with Crippen LogP contribution in [0.5, 0.6) is 17.2 Å². The second-order valence-electron chi connectivity index (χ2n) is 10.6. The van der Waals surface area contributed by atoms with Gasteiger partial charge in [-0.25, -0.2) is 8.42 Å². The van der Waals surface area contributed by atoms with Crippen molar-refractivity contribution >= 4 is 27.5 Å². The van der Waals surface area contributed by atoms with Crippen molar-refractivity contribution in [1.29, 1.82) is 0 Å². The summed E-state index contributed by atoms with van der Waals surface area (Å²) in [6, 6.07) is 29.8. The number of nitrogens with zero attached hydrogens (tertiary/aromatic N) is 2. The van der Waals surface area contributed by atoms with Crippen LogP contribution in [-0.4, -0.2) is 50.9 Å². The van der Waals surface area contributed by atoms with Crippen LogP contribution in [0.3, 0.4) is 0 Å². The van der Waals surface area contributed by atoms with E-state index in [1.54, 1.807) is 68.6 Å². The maximum absolute atomic E-state index is 14.1. The smallest absolute Gasteiger partial charge is 0.264 e. The molecule has 0 fully saturated rings. The molecular weight excluding hydrogens is 590 g/mol. The van der Waals surface area contributed by atoms with Crippen molar-refractivity contribution in [2.75, 3.05) is 18.0 Å². The zero-order valence-electron chi connectivity index (χ0n) is 25.9. The Morgan fingerprint density at radius 2 is 1.33 bits per heavy atom. The van der Waals surface area contributed by atoms with Gasteiger partial charge in [0.05, 0.1) is 17.7 Å². The van der Waals surface area contributed by atoms with Gasteiger partial charge >= 0.3 is 0 Å². The molecule has 2 amide bonds. The number of sulfonamides is 1. The van der Waals surface area contributed by atoms with Gasteiger partial charge in [0.25, 0.3) is 10.0 Å². The molecule has 4 aromatic rings. The Kier molecular flexibility index (Phi) is 11.2. The van der Waals surface area contributed by atoms with Gasteiger partial charge in [-0.3, -0.25) is 13.9 Å². The quantitative estimate of drug-likeness (QED) is 0.183. The number of benzene rings is 4. The monoisotopic (exact) mass is 629 g/mol. The lowest BCUT2D eigenvalue weighted by molar-refractivity contribution is -0.139. The highest BCUT2D eigenvalue weighted by Crippen LogP contribution is 2.28. The van der Waals surface area contributed by atoms with Crippen LogP contribution < -0.4 is 19.1 Å². The third kappa shape index (κ3) is 8.63. The number of hydrogen-bond donors (Lipinski definition) is 1. The molecule has 0 aliphatic heterocycles. The number of rotatable bonds is 14. The van der Waals surface area contributed by atoms with Crippen molar-refractivity contribution in [3.63, 3.8) is 0 Å². The van der Waals surface area contributed by atoms with Crippen molar-refractivity contribution in [3.05, 3.63) is 115 Å². The molecular formula is C35H39N3O6S. The van der Waals surface area contributed by atoms with Gasteiger partial charge in [-0.05, 0) is 86.5 Å². The molecule has 2 atom stereocenters. The molecule has 0 saturated carbocycles. The minimum Gasteiger partial charge on any atom is -0.497 e. The van der Waals surface area contributed by atoms with E-state index in [4.69, 9.17) is 9.47 Å². The summed E-state index contributed by atoms with van der Waals surface area (Å²) in [7, 11) is -2.61. The number of anilines is 1. The Balaban J connectivity index is 1.68. The van der Waals surface area contributed by atoms with Crippen molar-refractivity contribution < 1.29 is 27.5 Å². The molecule has 0 aliphatic carbocycles. The molecule has 0 bridgehead atoms. The second-order valence-corrected chi connectivity index (χ2v) is 12.5. The van der Waals surface area contributed by atoms with Gasteiger partial charge in [-0.1, -0.05) is 55.5 Å². The number of hydrogen-bond acceptors (Lipinski definition) is 6. The van der Waals surface area contributed by atoms with Gasteiger partial charge in [0.2, 0.25) is 11.8 Å². The number of carbonyl (C=O) groups excluding carboxylic acids is 2. The third-order valence-corrected chi connectivity index (χ3v) is 9.18. The normalized spacial score (nSPS) is 12.4. The largest absolute Gasteiger partial charge is 0.497 e. The van der Waals surface area contributed by atoms with E-state index >= 15 is 0 Å². The van der Waals surface area contributed by atoms with Gasteiger partial charge in [0.1, 0.15) is 29.8 Å². The highest BCUT2D eigenvalue weighted by atomic mass is 32.2. The molecule has 1 N–H and O–H groups in total. The number of methoxy groups -OCH3 is 1. The van der Waals surface area contributed by atoms with Crippen LogP contribution in [0.2, 0.25) is 0 Å². The zero-order valence-corrected chi connectivity index (χ0v) is 26.7. The second kappa shape index (κ2) is 15.3. The Labute approximate surface area is 265 Å². The fourth-order valence-corrected chi connectivity index (χ4v) is 5.96. The molecule has 0 radical (unpaired) electrons. The Bertz CT molecular complexity index is 1650. The molecule has 0 heterocycles. The molecule has 4 rings (SSSR count). The number of para-hydroxylation sites is 1. The first-order chi connectivity index (χ1) is 21.6. The van der Waals surface area contributed by atoms with Crippen LogP contribution in [0, 0.1) is 0 Å². The summed E-state index contributed by atoms with van der Waals surface area (Å²) in [5, 5.41) is 2.94. The van der Waals surface area contributed by atoms with Crippen LogP contribution >= 0.6 is 0 Å². The van der Waals surface area contributed by atoms with Gasteiger partial charge < -0.3 is 19.7 Å². The fourth-order valence-electron chi connectivity index (χ4n) is 4.53. The number of amides is 2. The lowest BCUT2D eigenvalue weighted by atomic mass is 10.1. The molecule has 0 aromatic heterocycles. The summed E-state index contributed by atoms with van der Waals surface area (Å²) in [5.41, 5.74) is 1.03. The number of ether oxygens (including phenoxy) is 2. The average Bonchev–Trinajstić information content (AvgIpc) is 3.07. The summed E-state index contributed by atoms with van der Waals surface area (Å²) in [6.45, 7) is 5.04. The zero-order chi connectivity index (χ0) is 32.4. The first-order valence-corrected chi connectivity index (χ1v) is 16.2. The molecule has 0 saturated heterocycles. The first-order valence-electron chi connectivity index (χ1n) is 14.8. The summed E-state index contributed by atoms with van der Waals surface area (Å²) in [4.78, 5) is 28.8. The van der Waals surface area contributed by atoms with E-state index in [1.165, 1.54) is 17.0 Å². The molecule has 2 unspecified atom stereocenters. The van der Waals surface area contributed by atoms with Gasteiger partial charge in [-0.2, -0.15) is 0 Å². The molecule has 0 aliphatic rings. The maximum Gasteiger partial charge on any atom is 0.264 e. The predicted octanol–water partition coefficient (Wildman–Crippen LogP) is 6.01. The molecule has 4 aromatic carbocycles. The van der Waals surface area contributed by atoms with Gasteiger partial charge in [-0.15, -0.1) is 0 Å². The van der Waals surface area contributed by atoms with Crippen molar-refractivity contribution in [2.24, 2.45) is 0 Å². The van der Waals surface area contributed by atoms with E-state index < -0.39 is 28.5 Å². The molecule has 0 spiro atoms. The summed E-state index contributed by atoms with van der Waals surface area (Å²) in [6.07, 6.45) is 0.720. The molecule has 45 heavy (non-hydrogen) atoms. The van der Waals surface area contributed by atoms with Gasteiger partial charge in [0.15, 0.2) is 0 Å². The standard InChI is InChI=1S/C35H39N3O6S/c1-5-26(2)36-35(40)27(3)37(24-28-16-20-30(43-4)21-17-28)34(39)25-38(45(41,42)33-14-10-7-11-15-33)29-18-22-32(23-19-29)44-31-12-8-6-9-13-31/h6-23,26-27H,5,24-25H2,1-4H3,(H,36,40). The highest BCUT2D eigenvalue weighted by Gasteiger charge is 2.32. The average molecular weight is 630 g/mol. The van der Waals surface area contributed by atoms with E-state index in [0.29, 0.717) is 17.2 Å². The Hall–Kier alpha value is -4.83. The predicted molar refractivity (Wildman–Crippen MR) is 175 cm³/mol. The lowest BCUT2D eigenvalue weighted by Crippen LogP contribution is -2.52. The van der Waals surface area contributed by atoms with Crippen molar-refractivity contribution in [3.8, 4) is 17.2 Å². The number of carbonyl (C=O) groups is 2. The van der Waals surface area contributed by atoms with E-state index in [2.05, 4.69) is 5.32 Å². The number of nitrogens with one attached hydrogen (secondary N) is 1. The van der Waals surface area contributed by atoms with Crippen LogP contribution in [0.15, 0.2) is 114 Å². The highest BCUT2D eigenvalue weighted by molar-refractivity contribution is 7.92. The van der Waals surface area contributed by atoms with Crippen LogP contribution in [-0.2, 0) is 26.2 Å². The SMILES string of the molecule is CCC(C)NC(=O)C(C)N(Cc1ccc(OC)cc1)C(=O)CN(c1ccc(Oc2ccccc2)cc1)S(=O)(=O)c1ccccc1. The first kappa shape index (κ1) is 33.1. The van der Waals surface area contributed by atoms with Crippen molar-refractivity contribution in [2.45, 2.75) is 50.7 Å². The fraction of sp³-hybridized carbons (Fsp3) is 0.257. The molecule has 10 heteroatoms. The topological polar surface area (TPSA) is 105 Å². The van der Waals surface area contributed by atoms with Crippen LogP contribution in [0.25, 0.3) is 0 Å².